The van der Waals surface area contributed by atoms with Gasteiger partial charge in [-0.1, -0.05) is 11.6 Å². The Morgan fingerprint density at radius 3 is 2.80 bits per heavy atom. The molecule has 0 bridgehead atoms. The van der Waals surface area contributed by atoms with Crippen LogP contribution in [-0.4, -0.2) is 29.7 Å². The zero-order valence-electron chi connectivity index (χ0n) is 13.4. The summed E-state index contributed by atoms with van der Waals surface area (Å²) in [6, 6.07) is 4.86. The highest BCUT2D eigenvalue weighted by Gasteiger charge is 2.14. The van der Waals surface area contributed by atoms with Crippen LogP contribution in [0.1, 0.15) is 0 Å². The second kappa shape index (κ2) is 7.12. The molecule has 0 saturated carbocycles. The lowest BCUT2D eigenvalue weighted by Gasteiger charge is -2.13. The van der Waals surface area contributed by atoms with Crippen molar-refractivity contribution in [3.63, 3.8) is 0 Å². The van der Waals surface area contributed by atoms with E-state index in [1.807, 2.05) is 0 Å². The zero-order valence-corrected chi connectivity index (χ0v) is 15.0. The summed E-state index contributed by atoms with van der Waals surface area (Å²) in [5.74, 6) is 0.386. The molecule has 0 aliphatic heterocycles. The number of rotatable bonds is 5. The van der Waals surface area contributed by atoms with Gasteiger partial charge in [0.1, 0.15) is 22.7 Å². The van der Waals surface area contributed by atoms with E-state index >= 15 is 0 Å². The highest BCUT2D eigenvalue weighted by atomic mass is 35.5. The Labute approximate surface area is 151 Å². The summed E-state index contributed by atoms with van der Waals surface area (Å²) in [6.07, 6.45) is 1.36. The first-order chi connectivity index (χ1) is 12.0. The Morgan fingerprint density at radius 1 is 1.32 bits per heavy atom. The minimum absolute atomic E-state index is 0.173. The number of carbonyl (C=O) groups is 1. The molecule has 2 heterocycles. The summed E-state index contributed by atoms with van der Waals surface area (Å²) in [5, 5.41) is 4.84. The van der Waals surface area contributed by atoms with E-state index in [1.54, 1.807) is 23.6 Å². The highest BCUT2D eigenvalue weighted by Crippen LogP contribution is 2.35. The van der Waals surface area contributed by atoms with Crippen LogP contribution in [-0.2, 0) is 11.3 Å². The van der Waals surface area contributed by atoms with E-state index in [9.17, 15) is 9.59 Å². The van der Waals surface area contributed by atoms with Crippen LogP contribution in [0.25, 0.3) is 10.2 Å². The molecule has 7 nitrogen and oxygen atoms in total. The summed E-state index contributed by atoms with van der Waals surface area (Å²) in [6.45, 7) is -0.173. The van der Waals surface area contributed by atoms with Crippen molar-refractivity contribution < 1.29 is 14.3 Å². The van der Waals surface area contributed by atoms with Crippen LogP contribution in [0.5, 0.6) is 11.5 Å². The average molecular weight is 380 g/mol. The predicted octanol–water partition coefficient (Wildman–Crippen LogP) is 2.77. The number of thiophene rings is 1. The number of nitrogens with zero attached hydrogens (tertiary/aromatic N) is 2. The van der Waals surface area contributed by atoms with Crippen LogP contribution in [0.15, 0.2) is 34.7 Å². The molecular formula is C16H14ClN3O4S. The van der Waals surface area contributed by atoms with Crippen molar-refractivity contribution in [3.8, 4) is 11.5 Å². The number of carbonyl (C=O) groups excluding carboxylic acids is 1. The maximum absolute atomic E-state index is 12.3. The van der Waals surface area contributed by atoms with E-state index < -0.39 is 5.91 Å². The normalized spacial score (nSPS) is 10.7. The van der Waals surface area contributed by atoms with Gasteiger partial charge in [-0.15, -0.1) is 11.3 Å². The van der Waals surface area contributed by atoms with Crippen LogP contribution < -0.4 is 20.3 Å². The lowest BCUT2D eigenvalue weighted by molar-refractivity contribution is -0.116. The lowest BCUT2D eigenvalue weighted by atomic mass is 10.2. The van der Waals surface area contributed by atoms with Gasteiger partial charge in [0.05, 0.1) is 36.8 Å². The van der Waals surface area contributed by atoms with Crippen molar-refractivity contribution in [3.05, 3.63) is 45.3 Å². The third-order valence-corrected chi connectivity index (χ3v) is 4.68. The number of ether oxygens (including phenoxy) is 2. The van der Waals surface area contributed by atoms with E-state index in [0.717, 1.165) is 0 Å². The molecule has 9 heteroatoms. The molecule has 0 unspecified atom stereocenters. The van der Waals surface area contributed by atoms with Crippen LogP contribution >= 0.6 is 22.9 Å². The van der Waals surface area contributed by atoms with Crippen molar-refractivity contribution in [1.82, 2.24) is 9.55 Å². The largest absolute Gasteiger partial charge is 0.495 e. The molecule has 1 amide bonds. The molecule has 3 aromatic rings. The molecule has 0 saturated heterocycles. The van der Waals surface area contributed by atoms with E-state index in [4.69, 9.17) is 21.1 Å². The quantitative estimate of drug-likeness (QED) is 0.737. The number of methoxy groups -OCH3 is 2. The monoisotopic (exact) mass is 379 g/mol. The summed E-state index contributed by atoms with van der Waals surface area (Å²) in [5.41, 5.74) is 0.763. The third kappa shape index (κ3) is 3.45. The van der Waals surface area contributed by atoms with E-state index in [-0.39, 0.29) is 12.1 Å². The van der Waals surface area contributed by atoms with Gasteiger partial charge in [-0.2, -0.15) is 0 Å². The summed E-state index contributed by atoms with van der Waals surface area (Å²) in [7, 11) is 2.94. The standard InChI is InChI=1S/C16H14ClN3O4S/c1-23-12-6-11(13(24-2)5-9(12)17)19-14(21)7-20-8-18-10-3-4-25-15(10)16(20)22/h3-6,8H,7H2,1-2H3,(H,19,21). The smallest absolute Gasteiger partial charge is 0.271 e. The molecule has 25 heavy (non-hydrogen) atoms. The van der Waals surface area contributed by atoms with Gasteiger partial charge in [0.2, 0.25) is 5.91 Å². The molecular weight excluding hydrogens is 366 g/mol. The minimum Gasteiger partial charge on any atom is -0.495 e. The lowest BCUT2D eigenvalue weighted by Crippen LogP contribution is -2.27. The number of fused-ring (bicyclic) bond motifs is 1. The number of nitrogens with one attached hydrogen (secondary N) is 1. The number of benzene rings is 1. The highest BCUT2D eigenvalue weighted by molar-refractivity contribution is 7.17. The molecule has 0 atom stereocenters. The van der Waals surface area contributed by atoms with E-state index in [2.05, 4.69) is 10.3 Å². The first-order valence-electron chi connectivity index (χ1n) is 7.17. The molecule has 0 radical (unpaired) electrons. The predicted molar refractivity (Wildman–Crippen MR) is 97.1 cm³/mol. The van der Waals surface area contributed by atoms with Gasteiger partial charge in [0.25, 0.3) is 5.56 Å². The zero-order chi connectivity index (χ0) is 18.0. The SMILES string of the molecule is COc1cc(NC(=O)Cn2cnc3ccsc3c2=O)c(OC)cc1Cl. The van der Waals surface area contributed by atoms with Crippen molar-refractivity contribution in [2.24, 2.45) is 0 Å². The molecule has 0 aliphatic carbocycles. The van der Waals surface area contributed by atoms with Crippen LogP contribution in [0.3, 0.4) is 0 Å². The first kappa shape index (κ1) is 17.2. The fourth-order valence-electron chi connectivity index (χ4n) is 2.29. The Hall–Kier alpha value is -2.58. The molecule has 2 aromatic heterocycles. The Bertz CT molecular complexity index is 999. The first-order valence-corrected chi connectivity index (χ1v) is 8.43. The van der Waals surface area contributed by atoms with Crippen LogP contribution in [0.2, 0.25) is 5.02 Å². The number of hydrogen-bond acceptors (Lipinski definition) is 6. The number of anilines is 1. The second-order valence-electron chi connectivity index (χ2n) is 5.05. The molecule has 0 aliphatic rings. The van der Waals surface area contributed by atoms with Crippen LogP contribution in [0, 0.1) is 0 Å². The second-order valence-corrected chi connectivity index (χ2v) is 6.37. The topological polar surface area (TPSA) is 82.5 Å². The van der Waals surface area contributed by atoms with E-state index in [1.165, 1.54) is 36.5 Å². The summed E-state index contributed by atoms with van der Waals surface area (Å²) in [4.78, 5) is 28.8. The van der Waals surface area contributed by atoms with Crippen LogP contribution in [0.4, 0.5) is 5.69 Å². The molecule has 3 rings (SSSR count). The van der Waals surface area contributed by atoms with Gasteiger partial charge in [-0.05, 0) is 11.4 Å². The maximum atomic E-state index is 12.3. The number of halogens is 1. The van der Waals surface area contributed by atoms with Crippen molar-refractivity contribution in [2.75, 3.05) is 19.5 Å². The third-order valence-electron chi connectivity index (χ3n) is 3.50. The summed E-state index contributed by atoms with van der Waals surface area (Å²) < 4.78 is 12.1. The Kier molecular flexibility index (Phi) is 4.91. The van der Waals surface area contributed by atoms with Crippen molar-refractivity contribution in [1.29, 1.82) is 0 Å². The number of hydrogen-bond donors (Lipinski definition) is 1. The van der Waals surface area contributed by atoms with Crippen molar-refractivity contribution in [2.45, 2.75) is 6.54 Å². The van der Waals surface area contributed by atoms with Gasteiger partial charge in [-0.3, -0.25) is 14.2 Å². The average Bonchev–Trinajstić information content (AvgIpc) is 3.08. The molecule has 1 aromatic carbocycles. The van der Waals surface area contributed by atoms with Gasteiger partial charge in [-0.25, -0.2) is 4.98 Å². The Balaban J connectivity index is 1.84. The Morgan fingerprint density at radius 2 is 2.08 bits per heavy atom. The van der Waals surface area contributed by atoms with Gasteiger partial charge in [0, 0.05) is 12.1 Å². The minimum atomic E-state index is -0.400. The molecule has 0 fully saturated rings. The van der Waals surface area contributed by atoms with Gasteiger partial charge in [0.15, 0.2) is 0 Å². The maximum Gasteiger partial charge on any atom is 0.271 e. The van der Waals surface area contributed by atoms with E-state index in [0.29, 0.717) is 32.4 Å². The van der Waals surface area contributed by atoms with Gasteiger partial charge < -0.3 is 14.8 Å². The molecule has 0 spiro atoms. The van der Waals surface area contributed by atoms with Gasteiger partial charge >= 0.3 is 0 Å². The number of amides is 1. The van der Waals surface area contributed by atoms with Crippen molar-refractivity contribution >= 4 is 44.7 Å². The fraction of sp³-hybridized carbons (Fsp3) is 0.188. The number of aromatic nitrogens is 2. The fourth-order valence-corrected chi connectivity index (χ4v) is 3.32. The molecule has 1 N–H and O–H groups in total. The molecule has 130 valence electrons. The summed E-state index contributed by atoms with van der Waals surface area (Å²) >= 11 is 7.33.